The van der Waals surface area contributed by atoms with Crippen LogP contribution in [0.3, 0.4) is 0 Å². The average Bonchev–Trinajstić information content (AvgIpc) is 2.90. The lowest BCUT2D eigenvalue weighted by atomic mass is 9.68. The highest BCUT2D eigenvalue weighted by Gasteiger charge is 2.52. The van der Waals surface area contributed by atoms with Gasteiger partial charge in [-0.2, -0.15) is 13.2 Å². The molecule has 2 fully saturated rings. The van der Waals surface area contributed by atoms with Crippen molar-refractivity contribution in [2.24, 2.45) is 11.3 Å². The zero-order chi connectivity index (χ0) is 20.0. The van der Waals surface area contributed by atoms with Gasteiger partial charge in [0.15, 0.2) is 6.10 Å². The Hall–Kier alpha value is -1.56. The summed E-state index contributed by atoms with van der Waals surface area (Å²) < 4.78 is 38.3. The third kappa shape index (κ3) is 3.86. The van der Waals surface area contributed by atoms with Gasteiger partial charge in [0.05, 0.1) is 5.41 Å². The number of anilines is 1. The van der Waals surface area contributed by atoms with Crippen LogP contribution in [-0.2, 0) is 10.2 Å². The summed E-state index contributed by atoms with van der Waals surface area (Å²) in [4.78, 5) is 14.9. The summed E-state index contributed by atoms with van der Waals surface area (Å²) >= 11 is 0. The van der Waals surface area contributed by atoms with E-state index in [2.05, 4.69) is 20.8 Å². The second-order valence-corrected chi connectivity index (χ2v) is 9.11. The zero-order valence-corrected chi connectivity index (χ0v) is 16.1. The summed E-state index contributed by atoms with van der Waals surface area (Å²) in [6, 6.07) is 7.97. The fourth-order valence-corrected chi connectivity index (χ4v) is 4.45. The largest absolute Gasteiger partial charge is 0.414 e. The number of aliphatic hydroxyl groups is 1. The van der Waals surface area contributed by atoms with Crippen molar-refractivity contribution in [1.29, 1.82) is 0 Å². The number of nitrogens with zero attached hydrogens (tertiary/aromatic N) is 1. The maximum atomic E-state index is 13.1. The molecule has 150 valence electrons. The van der Waals surface area contributed by atoms with Crippen molar-refractivity contribution >= 4 is 11.6 Å². The Bertz CT molecular complexity index is 683. The normalized spacial score (nSPS) is 28.0. The second-order valence-electron chi connectivity index (χ2n) is 9.11. The van der Waals surface area contributed by atoms with Gasteiger partial charge in [0.1, 0.15) is 0 Å². The first-order chi connectivity index (χ1) is 12.4. The van der Waals surface area contributed by atoms with Crippen molar-refractivity contribution in [3.8, 4) is 0 Å². The Morgan fingerprint density at radius 3 is 2.11 bits per heavy atom. The van der Waals surface area contributed by atoms with E-state index in [1.54, 1.807) is 4.90 Å². The van der Waals surface area contributed by atoms with Crippen LogP contribution in [0.15, 0.2) is 24.3 Å². The molecule has 1 atom stereocenters. The minimum Gasteiger partial charge on any atom is -0.383 e. The van der Waals surface area contributed by atoms with Gasteiger partial charge in [-0.3, -0.25) is 4.79 Å². The van der Waals surface area contributed by atoms with Gasteiger partial charge in [0, 0.05) is 12.2 Å². The number of aliphatic hydroxyl groups excluding tert-OH is 1. The molecule has 1 saturated heterocycles. The number of benzene rings is 1. The van der Waals surface area contributed by atoms with E-state index >= 15 is 0 Å². The SMILES string of the molecule is CC(C)(C)c1ccc(N2CC[C@]3(CC[C@@H]([C@H](O)C(F)(F)F)CC3)C2=O)cc1. The number of halogens is 3. The van der Waals surface area contributed by atoms with E-state index in [0.29, 0.717) is 25.8 Å². The van der Waals surface area contributed by atoms with Gasteiger partial charge in [0.2, 0.25) is 5.91 Å². The van der Waals surface area contributed by atoms with Gasteiger partial charge in [0.25, 0.3) is 0 Å². The molecule has 1 aliphatic carbocycles. The maximum absolute atomic E-state index is 13.1. The van der Waals surface area contributed by atoms with E-state index in [-0.39, 0.29) is 24.2 Å². The molecular weight excluding hydrogens is 355 g/mol. The van der Waals surface area contributed by atoms with Crippen LogP contribution in [0.4, 0.5) is 18.9 Å². The summed E-state index contributed by atoms with van der Waals surface area (Å²) in [7, 11) is 0. The van der Waals surface area contributed by atoms with Crippen molar-refractivity contribution < 1.29 is 23.1 Å². The van der Waals surface area contributed by atoms with Crippen LogP contribution < -0.4 is 4.90 Å². The molecule has 2 aliphatic rings. The quantitative estimate of drug-likeness (QED) is 0.795. The number of carbonyl (C=O) groups excluding carboxylic acids is 1. The Kier molecular flexibility index (Phi) is 5.08. The summed E-state index contributed by atoms with van der Waals surface area (Å²) in [5, 5.41) is 9.51. The molecule has 0 unspecified atom stereocenters. The third-order valence-electron chi connectivity index (χ3n) is 6.33. The summed E-state index contributed by atoms with van der Waals surface area (Å²) in [5.74, 6) is -0.783. The maximum Gasteiger partial charge on any atom is 0.414 e. The van der Waals surface area contributed by atoms with Gasteiger partial charge in [-0.05, 0) is 61.1 Å². The Balaban J connectivity index is 1.69. The summed E-state index contributed by atoms with van der Waals surface area (Å²) in [6.45, 7) is 6.99. The monoisotopic (exact) mass is 383 g/mol. The second kappa shape index (κ2) is 6.80. The predicted octanol–water partition coefficient (Wildman–Crippen LogP) is 4.82. The first kappa shape index (κ1) is 20.2. The number of hydrogen-bond donors (Lipinski definition) is 1. The van der Waals surface area contributed by atoms with E-state index in [4.69, 9.17) is 0 Å². The Morgan fingerprint density at radius 1 is 1.07 bits per heavy atom. The molecule has 1 N–H and O–H groups in total. The number of carbonyl (C=O) groups is 1. The lowest BCUT2D eigenvalue weighted by Gasteiger charge is -2.37. The first-order valence-electron chi connectivity index (χ1n) is 9.61. The van der Waals surface area contributed by atoms with Gasteiger partial charge < -0.3 is 10.0 Å². The van der Waals surface area contributed by atoms with Crippen LogP contribution in [0.5, 0.6) is 0 Å². The Morgan fingerprint density at radius 2 is 1.63 bits per heavy atom. The molecule has 1 amide bonds. The highest BCUT2D eigenvalue weighted by Crippen LogP contribution is 2.49. The predicted molar refractivity (Wildman–Crippen MR) is 98.6 cm³/mol. The van der Waals surface area contributed by atoms with Crippen LogP contribution in [0.1, 0.15) is 58.4 Å². The molecule has 3 rings (SSSR count). The van der Waals surface area contributed by atoms with Gasteiger partial charge in [-0.15, -0.1) is 0 Å². The molecule has 1 aromatic carbocycles. The van der Waals surface area contributed by atoms with Crippen molar-refractivity contribution in [2.75, 3.05) is 11.4 Å². The molecule has 0 bridgehead atoms. The van der Waals surface area contributed by atoms with Crippen LogP contribution in [0, 0.1) is 11.3 Å². The fraction of sp³-hybridized carbons (Fsp3) is 0.667. The lowest BCUT2D eigenvalue weighted by molar-refractivity contribution is -0.223. The molecule has 3 nitrogen and oxygen atoms in total. The van der Waals surface area contributed by atoms with E-state index in [1.807, 2.05) is 24.3 Å². The van der Waals surface area contributed by atoms with Crippen molar-refractivity contribution in [3.05, 3.63) is 29.8 Å². The molecule has 1 saturated carbocycles. The molecule has 1 aliphatic heterocycles. The molecule has 6 heteroatoms. The third-order valence-corrected chi connectivity index (χ3v) is 6.33. The van der Waals surface area contributed by atoms with Crippen molar-refractivity contribution in [1.82, 2.24) is 0 Å². The Labute approximate surface area is 158 Å². The van der Waals surface area contributed by atoms with Gasteiger partial charge >= 0.3 is 6.18 Å². The van der Waals surface area contributed by atoms with E-state index in [1.165, 1.54) is 5.56 Å². The highest BCUT2D eigenvalue weighted by molar-refractivity contribution is 6.00. The van der Waals surface area contributed by atoms with Crippen LogP contribution in [0.25, 0.3) is 0 Å². The van der Waals surface area contributed by atoms with Crippen LogP contribution >= 0.6 is 0 Å². The smallest absolute Gasteiger partial charge is 0.383 e. The molecule has 27 heavy (non-hydrogen) atoms. The number of amides is 1. The molecule has 0 aromatic heterocycles. The van der Waals surface area contributed by atoms with E-state index in [0.717, 1.165) is 5.69 Å². The average molecular weight is 383 g/mol. The highest BCUT2D eigenvalue weighted by atomic mass is 19.4. The molecule has 1 heterocycles. The van der Waals surface area contributed by atoms with E-state index < -0.39 is 23.6 Å². The molecule has 1 aromatic rings. The number of hydrogen-bond acceptors (Lipinski definition) is 2. The zero-order valence-electron chi connectivity index (χ0n) is 16.1. The van der Waals surface area contributed by atoms with Crippen molar-refractivity contribution in [3.63, 3.8) is 0 Å². The summed E-state index contributed by atoms with van der Waals surface area (Å²) in [5.41, 5.74) is 1.51. The van der Waals surface area contributed by atoms with E-state index in [9.17, 15) is 23.1 Å². The van der Waals surface area contributed by atoms with Crippen molar-refractivity contribution in [2.45, 2.75) is 70.6 Å². The van der Waals surface area contributed by atoms with Gasteiger partial charge in [-0.1, -0.05) is 32.9 Å². The fourth-order valence-electron chi connectivity index (χ4n) is 4.45. The molecular formula is C21H28F3NO2. The number of alkyl halides is 3. The standard InChI is InChI=1S/C21H28F3NO2/c1-19(2,3)15-4-6-16(7-5-15)25-13-12-20(18(25)27)10-8-14(9-11-20)17(26)21(22,23)24/h4-7,14,17,26H,8-13H2,1-3H3/t14-,17-,20-/m0/s1. The minimum absolute atomic E-state index is 0.0194. The first-order valence-corrected chi connectivity index (χ1v) is 9.61. The topological polar surface area (TPSA) is 40.5 Å². The molecule has 1 spiro atoms. The molecule has 0 radical (unpaired) electrons. The number of rotatable bonds is 2. The minimum atomic E-state index is -4.59. The van der Waals surface area contributed by atoms with Crippen LogP contribution in [-0.4, -0.2) is 29.8 Å². The van der Waals surface area contributed by atoms with Gasteiger partial charge in [-0.25, -0.2) is 0 Å². The lowest BCUT2D eigenvalue weighted by Crippen LogP contribution is -2.42. The van der Waals surface area contributed by atoms with Crippen LogP contribution in [0.2, 0.25) is 0 Å². The summed E-state index contributed by atoms with van der Waals surface area (Å²) in [6.07, 6.45) is -4.89.